The van der Waals surface area contributed by atoms with Gasteiger partial charge in [-0.3, -0.25) is 18.9 Å². The van der Waals surface area contributed by atoms with E-state index in [9.17, 15) is 4.79 Å². The van der Waals surface area contributed by atoms with Gasteiger partial charge in [0.2, 0.25) is 0 Å². The average molecular weight is 529 g/mol. The van der Waals surface area contributed by atoms with Gasteiger partial charge >= 0.3 is 4.87 Å². The Morgan fingerprint density at radius 2 is 1.84 bits per heavy atom. The van der Waals surface area contributed by atoms with E-state index in [1.165, 1.54) is 11.3 Å². The molecule has 10 heteroatoms. The maximum absolute atomic E-state index is 12.9. The summed E-state index contributed by atoms with van der Waals surface area (Å²) in [5.41, 5.74) is 4.87. The van der Waals surface area contributed by atoms with Crippen molar-refractivity contribution in [3.8, 4) is 28.3 Å². The second kappa shape index (κ2) is 10.9. The third kappa shape index (κ3) is 5.38. The van der Waals surface area contributed by atoms with Crippen LogP contribution in [0.1, 0.15) is 5.56 Å². The van der Waals surface area contributed by atoms with Gasteiger partial charge in [0.05, 0.1) is 48.6 Å². The number of thiazole rings is 1. The average Bonchev–Trinajstić information content (AvgIpc) is 3.52. The molecule has 0 radical (unpaired) electrons. The van der Waals surface area contributed by atoms with Crippen molar-refractivity contribution in [3.05, 3.63) is 82.5 Å². The largest absolute Gasteiger partial charge is 0.489 e. The number of rotatable bonds is 8. The standard InChI is InChI=1S/C28H28N6O3S/c1-32-19-23(15-31-32)21-5-6-26-25(14-21)34(28(35)38-26)18-20-3-2-4-22(13-20)27-29-16-24(17-30-27)37-12-9-33-7-10-36-11-8-33/h2-6,13-17,19H,7-12,18H2,1H3. The van der Waals surface area contributed by atoms with Gasteiger partial charge in [0.1, 0.15) is 6.61 Å². The Labute approximate surface area is 223 Å². The van der Waals surface area contributed by atoms with Gasteiger partial charge in [0.15, 0.2) is 11.6 Å². The van der Waals surface area contributed by atoms with Crippen LogP contribution in [-0.4, -0.2) is 68.7 Å². The highest BCUT2D eigenvalue weighted by molar-refractivity contribution is 7.16. The molecule has 5 aromatic rings. The van der Waals surface area contributed by atoms with Gasteiger partial charge in [-0.05, 0) is 29.3 Å². The lowest BCUT2D eigenvalue weighted by molar-refractivity contribution is 0.0322. The van der Waals surface area contributed by atoms with Crippen molar-refractivity contribution >= 4 is 21.6 Å². The van der Waals surface area contributed by atoms with Crippen molar-refractivity contribution < 1.29 is 9.47 Å². The molecule has 1 fully saturated rings. The van der Waals surface area contributed by atoms with Crippen LogP contribution in [0, 0.1) is 0 Å². The normalized spacial score (nSPS) is 14.2. The van der Waals surface area contributed by atoms with Crippen LogP contribution in [0.25, 0.3) is 32.7 Å². The predicted molar refractivity (Wildman–Crippen MR) is 148 cm³/mol. The lowest BCUT2D eigenvalue weighted by Gasteiger charge is -2.26. The third-order valence-electron chi connectivity index (χ3n) is 6.64. The van der Waals surface area contributed by atoms with Crippen molar-refractivity contribution in [2.45, 2.75) is 6.54 Å². The smallest absolute Gasteiger partial charge is 0.308 e. The summed E-state index contributed by atoms with van der Waals surface area (Å²) in [4.78, 5) is 24.3. The summed E-state index contributed by atoms with van der Waals surface area (Å²) in [6.45, 7) is 5.34. The van der Waals surface area contributed by atoms with Gasteiger partial charge < -0.3 is 9.47 Å². The Morgan fingerprint density at radius 1 is 1.00 bits per heavy atom. The van der Waals surface area contributed by atoms with Crippen LogP contribution < -0.4 is 9.61 Å². The fourth-order valence-corrected chi connectivity index (χ4v) is 5.48. The molecule has 1 saturated heterocycles. The molecular weight excluding hydrogens is 500 g/mol. The minimum absolute atomic E-state index is 0.0172. The summed E-state index contributed by atoms with van der Waals surface area (Å²) in [5.74, 6) is 1.27. The lowest BCUT2D eigenvalue weighted by Crippen LogP contribution is -2.38. The Bertz CT molecular complexity index is 1600. The molecule has 4 heterocycles. The Balaban J connectivity index is 1.17. The number of fused-ring (bicyclic) bond motifs is 1. The van der Waals surface area contributed by atoms with E-state index in [0.29, 0.717) is 24.7 Å². The summed E-state index contributed by atoms with van der Waals surface area (Å²) >= 11 is 1.26. The summed E-state index contributed by atoms with van der Waals surface area (Å²) in [6.07, 6.45) is 7.23. The fourth-order valence-electron chi connectivity index (χ4n) is 4.61. The van der Waals surface area contributed by atoms with E-state index in [0.717, 1.165) is 65.3 Å². The van der Waals surface area contributed by atoms with Crippen LogP contribution in [-0.2, 0) is 18.3 Å². The molecule has 38 heavy (non-hydrogen) atoms. The monoisotopic (exact) mass is 528 g/mol. The zero-order chi connectivity index (χ0) is 25.9. The molecule has 3 aromatic heterocycles. The fraction of sp³-hybridized carbons (Fsp3) is 0.286. The number of ether oxygens (including phenoxy) is 2. The molecule has 2 aromatic carbocycles. The number of nitrogens with zero attached hydrogens (tertiary/aromatic N) is 6. The number of hydrogen-bond acceptors (Lipinski definition) is 8. The first-order valence-corrected chi connectivity index (χ1v) is 13.4. The quantitative estimate of drug-likeness (QED) is 0.304. The molecule has 0 aliphatic carbocycles. The minimum Gasteiger partial charge on any atom is -0.489 e. The van der Waals surface area contributed by atoms with Crippen LogP contribution >= 0.6 is 11.3 Å². The highest BCUT2D eigenvalue weighted by Crippen LogP contribution is 2.27. The van der Waals surface area contributed by atoms with E-state index in [2.05, 4.69) is 26.0 Å². The molecule has 194 valence electrons. The molecular formula is C28H28N6O3S. The Hall–Kier alpha value is -3.86. The third-order valence-corrected chi connectivity index (χ3v) is 7.60. The lowest BCUT2D eigenvalue weighted by atomic mass is 10.1. The molecule has 9 nitrogen and oxygen atoms in total. The van der Waals surface area contributed by atoms with Crippen molar-refractivity contribution in [1.29, 1.82) is 0 Å². The van der Waals surface area contributed by atoms with Crippen molar-refractivity contribution in [2.75, 3.05) is 39.5 Å². The predicted octanol–water partition coefficient (Wildman–Crippen LogP) is 3.68. The highest BCUT2D eigenvalue weighted by atomic mass is 32.1. The molecule has 1 aliphatic rings. The number of benzene rings is 2. The molecule has 0 bridgehead atoms. The molecule has 0 amide bonds. The SMILES string of the molecule is Cn1cc(-c2ccc3sc(=O)n(Cc4cccc(-c5ncc(OCCN6CCOCC6)cn5)c4)c3c2)cn1. The van der Waals surface area contributed by atoms with Gasteiger partial charge in [-0.1, -0.05) is 35.6 Å². The number of hydrogen-bond donors (Lipinski definition) is 0. The van der Waals surface area contributed by atoms with E-state index in [-0.39, 0.29) is 4.87 Å². The van der Waals surface area contributed by atoms with Gasteiger partial charge in [0, 0.05) is 44.0 Å². The number of aromatic nitrogens is 5. The van der Waals surface area contributed by atoms with Crippen molar-refractivity contribution in [2.24, 2.45) is 7.05 Å². The van der Waals surface area contributed by atoms with Crippen LogP contribution in [0.2, 0.25) is 0 Å². The number of morpholine rings is 1. The molecule has 1 aliphatic heterocycles. The Kier molecular flexibility index (Phi) is 7.00. The maximum atomic E-state index is 12.9. The topological polar surface area (TPSA) is 87.3 Å². The molecule has 6 rings (SSSR count). The maximum Gasteiger partial charge on any atom is 0.308 e. The first kappa shape index (κ1) is 24.5. The second-order valence-corrected chi connectivity index (χ2v) is 10.3. The molecule has 0 atom stereocenters. The van der Waals surface area contributed by atoms with Crippen molar-refractivity contribution in [1.82, 2.24) is 29.2 Å². The van der Waals surface area contributed by atoms with Gasteiger partial charge in [0.25, 0.3) is 0 Å². The van der Waals surface area contributed by atoms with Crippen LogP contribution in [0.5, 0.6) is 5.75 Å². The van der Waals surface area contributed by atoms with Crippen LogP contribution in [0.4, 0.5) is 0 Å². The molecule has 0 N–H and O–H groups in total. The summed E-state index contributed by atoms with van der Waals surface area (Å²) < 4.78 is 15.8. The summed E-state index contributed by atoms with van der Waals surface area (Å²) in [5, 5.41) is 4.27. The molecule has 0 saturated carbocycles. The van der Waals surface area contributed by atoms with Gasteiger partial charge in [-0.15, -0.1) is 0 Å². The zero-order valence-electron chi connectivity index (χ0n) is 21.1. The zero-order valence-corrected chi connectivity index (χ0v) is 21.9. The van der Waals surface area contributed by atoms with Gasteiger partial charge in [-0.2, -0.15) is 5.10 Å². The van der Waals surface area contributed by atoms with E-state index in [1.54, 1.807) is 17.1 Å². The van der Waals surface area contributed by atoms with Crippen molar-refractivity contribution in [3.63, 3.8) is 0 Å². The molecule has 0 spiro atoms. The van der Waals surface area contributed by atoms with E-state index in [4.69, 9.17) is 9.47 Å². The summed E-state index contributed by atoms with van der Waals surface area (Å²) in [6, 6.07) is 14.1. The highest BCUT2D eigenvalue weighted by Gasteiger charge is 2.13. The summed E-state index contributed by atoms with van der Waals surface area (Å²) in [7, 11) is 1.90. The molecule has 0 unspecified atom stereocenters. The van der Waals surface area contributed by atoms with E-state index < -0.39 is 0 Å². The van der Waals surface area contributed by atoms with Crippen LogP contribution in [0.15, 0.2) is 72.0 Å². The second-order valence-electron chi connectivity index (χ2n) is 9.28. The minimum atomic E-state index is 0.0172. The Morgan fingerprint density at radius 3 is 2.63 bits per heavy atom. The first-order valence-electron chi connectivity index (χ1n) is 12.6. The first-order chi connectivity index (χ1) is 18.6. The van der Waals surface area contributed by atoms with Gasteiger partial charge in [-0.25, -0.2) is 9.97 Å². The number of aryl methyl sites for hydroxylation is 1. The van der Waals surface area contributed by atoms with Crippen LogP contribution in [0.3, 0.4) is 0 Å². The van der Waals surface area contributed by atoms with E-state index >= 15 is 0 Å². The van der Waals surface area contributed by atoms with E-state index in [1.807, 2.05) is 60.4 Å².